The maximum Gasteiger partial charge on any atom is 0.344 e. The predicted octanol–water partition coefficient (Wildman–Crippen LogP) is 2.10. The Bertz CT molecular complexity index is 475. The normalized spacial score (nSPS) is 10.5. The maximum absolute atomic E-state index is 11.2. The third-order valence-electron chi connectivity index (χ3n) is 2.10. The van der Waals surface area contributed by atoms with Crippen LogP contribution in [-0.2, 0) is 9.53 Å². The third kappa shape index (κ3) is 4.33. The summed E-state index contributed by atoms with van der Waals surface area (Å²) >= 11 is 6.01. The van der Waals surface area contributed by atoms with Crippen LogP contribution < -0.4 is 9.47 Å². The van der Waals surface area contributed by atoms with Crippen molar-refractivity contribution < 1.29 is 24.2 Å². The number of rotatable bonds is 6. The monoisotopic (exact) mass is 287 g/mol. The molecule has 0 aliphatic heterocycles. The first-order valence-corrected chi connectivity index (χ1v) is 5.83. The summed E-state index contributed by atoms with van der Waals surface area (Å²) in [6, 6.07) is 3.08. The number of benzene rings is 1. The van der Waals surface area contributed by atoms with Crippen molar-refractivity contribution in [3.63, 3.8) is 0 Å². The van der Waals surface area contributed by atoms with Crippen molar-refractivity contribution in [1.29, 1.82) is 0 Å². The molecule has 0 atom stereocenters. The summed E-state index contributed by atoms with van der Waals surface area (Å²) in [7, 11) is 1.43. The minimum Gasteiger partial charge on any atom is -0.493 e. The van der Waals surface area contributed by atoms with Gasteiger partial charge in [-0.1, -0.05) is 16.8 Å². The first kappa shape index (κ1) is 15.1. The van der Waals surface area contributed by atoms with Gasteiger partial charge in [0.25, 0.3) is 0 Å². The zero-order chi connectivity index (χ0) is 14.3. The van der Waals surface area contributed by atoms with Crippen LogP contribution in [0.15, 0.2) is 17.3 Å². The van der Waals surface area contributed by atoms with Crippen LogP contribution in [0.5, 0.6) is 11.5 Å². The molecule has 0 aliphatic rings. The van der Waals surface area contributed by atoms with Gasteiger partial charge in [0.2, 0.25) is 0 Å². The largest absolute Gasteiger partial charge is 0.493 e. The van der Waals surface area contributed by atoms with E-state index < -0.39 is 5.97 Å². The molecule has 0 spiro atoms. The molecule has 0 radical (unpaired) electrons. The second kappa shape index (κ2) is 7.48. The molecule has 0 heterocycles. The maximum atomic E-state index is 11.2. The summed E-state index contributed by atoms with van der Waals surface area (Å²) < 4.78 is 15.1. The molecular weight excluding hydrogens is 274 g/mol. The fourth-order valence-electron chi connectivity index (χ4n) is 1.35. The first-order chi connectivity index (χ1) is 9.12. The van der Waals surface area contributed by atoms with E-state index >= 15 is 0 Å². The Hall–Kier alpha value is -1.95. The van der Waals surface area contributed by atoms with E-state index in [-0.39, 0.29) is 24.0 Å². The second-order valence-electron chi connectivity index (χ2n) is 3.37. The molecule has 1 rings (SSSR count). The Labute approximate surface area is 115 Å². The number of oxime groups is 1. The van der Waals surface area contributed by atoms with E-state index in [1.54, 1.807) is 13.0 Å². The van der Waals surface area contributed by atoms with Gasteiger partial charge in [-0.2, -0.15) is 0 Å². The van der Waals surface area contributed by atoms with E-state index in [2.05, 4.69) is 5.16 Å². The Balaban J connectivity index is 2.90. The van der Waals surface area contributed by atoms with Crippen molar-refractivity contribution in [3.05, 3.63) is 22.7 Å². The van der Waals surface area contributed by atoms with Crippen molar-refractivity contribution in [1.82, 2.24) is 0 Å². The lowest BCUT2D eigenvalue weighted by Gasteiger charge is -2.12. The Morgan fingerprint density at radius 2 is 2.26 bits per heavy atom. The van der Waals surface area contributed by atoms with Gasteiger partial charge in [0.05, 0.1) is 25.0 Å². The fourth-order valence-corrected chi connectivity index (χ4v) is 1.63. The molecular formula is C12H14ClNO5. The SMILES string of the molecule is CCOC(=O)COc1c(Cl)cc(C=NO)cc1OC. The number of esters is 1. The zero-order valence-electron chi connectivity index (χ0n) is 10.6. The van der Waals surface area contributed by atoms with Gasteiger partial charge in [-0.05, 0) is 19.1 Å². The highest BCUT2D eigenvalue weighted by Crippen LogP contribution is 2.36. The number of hydrogen-bond donors (Lipinski definition) is 1. The highest BCUT2D eigenvalue weighted by atomic mass is 35.5. The standard InChI is InChI=1S/C12H14ClNO5/c1-3-18-11(15)7-19-12-9(13)4-8(6-14-16)5-10(12)17-2/h4-6,16H,3,7H2,1-2H3. The van der Waals surface area contributed by atoms with Crippen LogP contribution in [0.3, 0.4) is 0 Å². The summed E-state index contributed by atoms with van der Waals surface area (Å²) in [6.45, 7) is 1.71. The van der Waals surface area contributed by atoms with Gasteiger partial charge >= 0.3 is 5.97 Å². The fraction of sp³-hybridized carbons (Fsp3) is 0.333. The van der Waals surface area contributed by atoms with Gasteiger partial charge in [-0.25, -0.2) is 4.79 Å². The highest BCUT2D eigenvalue weighted by Gasteiger charge is 2.13. The minimum atomic E-state index is -0.499. The van der Waals surface area contributed by atoms with Crippen molar-refractivity contribution >= 4 is 23.8 Å². The lowest BCUT2D eigenvalue weighted by Crippen LogP contribution is -2.15. The molecule has 0 fully saturated rings. The van der Waals surface area contributed by atoms with E-state index in [1.807, 2.05) is 0 Å². The summed E-state index contributed by atoms with van der Waals surface area (Å²) in [4.78, 5) is 11.2. The average Bonchev–Trinajstić information content (AvgIpc) is 2.37. The Morgan fingerprint density at radius 3 is 2.84 bits per heavy atom. The smallest absolute Gasteiger partial charge is 0.344 e. The van der Waals surface area contributed by atoms with Crippen molar-refractivity contribution in [2.75, 3.05) is 20.3 Å². The summed E-state index contributed by atoms with van der Waals surface area (Å²) in [5.74, 6) is 0.0561. The van der Waals surface area contributed by atoms with Gasteiger partial charge in [-0.3, -0.25) is 0 Å². The molecule has 1 aromatic carbocycles. The molecule has 0 amide bonds. The minimum absolute atomic E-state index is 0.229. The molecule has 0 saturated carbocycles. The molecule has 104 valence electrons. The van der Waals surface area contributed by atoms with Gasteiger partial charge in [0.1, 0.15) is 0 Å². The van der Waals surface area contributed by atoms with Gasteiger partial charge in [0.15, 0.2) is 18.1 Å². The average molecular weight is 288 g/mol. The van der Waals surface area contributed by atoms with Crippen LogP contribution in [0.2, 0.25) is 5.02 Å². The van der Waals surface area contributed by atoms with E-state index in [0.29, 0.717) is 11.3 Å². The summed E-state index contributed by atoms with van der Waals surface area (Å²) in [5.41, 5.74) is 0.535. The molecule has 19 heavy (non-hydrogen) atoms. The van der Waals surface area contributed by atoms with Crippen LogP contribution >= 0.6 is 11.6 Å². The first-order valence-electron chi connectivity index (χ1n) is 5.45. The summed E-state index contributed by atoms with van der Waals surface area (Å²) in [5, 5.41) is 11.6. The van der Waals surface area contributed by atoms with Crippen LogP contribution in [-0.4, -0.2) is 37.7 Å². The summed E-state index contributed by atoms with van der Waals surface area (Å²) in [6.07, 6.45) is 1.20. The van der Waals surface area contributed by atoms with Gasteiger partial charge in [-0.15, -0.1) is 0 Å². The second-order valence-corrected chi connectivity index (χ2v) is 3.78. The van der Waals surface area contributed by atoms with Gasteiger partial charge in [0, 0.05) is 5.56 Å². The van der Waals surface area contributed by atoms with E-state index in [1.165, 1.54) is 19.4 Å². The number of halogens is 1. The van der Waals surface area contributed by atoms with E-state index in [9.17, 15) is 4.79 Å². The van der Waals surface area contributed by atoms with Crippen molar-refractivity contribution in [3.8, 4) is 11.5 Å². The van der Waals surface area contributed by atoms with Gasteiger partial charge < -0.3 is 19.4 Å². The van der Waals surface area contributed by atoms with Crippen molar-refractivity contribution in [2.45, 2.75) is 6.92 Å². The predicted molar refractivity (Wildman–Crippen MR) is 69.5 cm³/mol. The molecule has 6 nitrogen and oxygen atoms in total. The van der Waals surface area contributed by atoms with E-state index in [4.69, 9.17) is 31.0 Å². The number of hydrogen-bond acceptors (Lipinski definition) is 6. The van der Waals surface area contributed by atoms with Crippen molar-refractivity contribution in [2.24, 2.45) is 5.16 Å². The topological polar surface area (TPSA) is 77.4 Å². The highest BCUT2D eigenvalue weighted by molar-refractivity contribution is 6.32. The molecule has 1 aromatic rings. The number of ether oxygens (including phenoxy) is 3. The molecule has 1 N–H and O–H groups in total. The molecule has 0 bridgehead atoms. The Morgan fingerprint density at radius 1 is 1.53 bits per heavy atom. The van der Waals surface area contributed by atoms with E-state index in [0.717, 1.165) is 0 Å². The van der Waals surface area contributed by atoms with Crippen LogP contribution in [0, 0.1) is 0 Å². The van der Waals surface area contributed by atoms with Crippen LogP contribution in [0.4, 0.5) is 0 Å². The molecule has 0 aromatic heterocycles. The quantitative estimate of drug-likeness (QED) is 0.375. The third-order valence-corrected chi connectivity index (χ3v) is 2.38. The molecule has 0 saturated heterocycles. The molecule has 0 unspecified atom stereocenters. The zero-order valence-corrected chi connectivity index (χ0v) is 11.3. The number of carbonyl (C=O) groups is 1. The molecule has 0 aliphatic carbocycles. The Kier molecular flexibility index (Phi) is 5.95. The number of carbonyl (C=O) groups excluding carboxylic acids is 1. The molecule has 7 heteroatoms. The number of nitrogens with zero attached hydrogens (tertiary/aromatic N) is 1. The lowest BCUT2D eigenvalue weighted by atomic mass is 10.2. The number of methoxy groups -OCH3 is 1. The van der Waals surface area contributed by atoms with Crippen LogP contribution in [0.1, 0.15) is 12.5 Å². The van der Waals surface area contributed by atoms with Crippen LogP contribution in [0.25, 0.3) is 0 Å². The lowest BCUT2D eigenvalue weighted by molar-refractivity contribution is -0.145.